The average molecular weight is 343 g/mol. The molecule has 0 aliphatic carbocycles. The van der Waals surface area contributed by atoms with Crippen molar-refractivity contribution in [3.63, 3.8) is 0 Å². The van der Waals surface area contributed by atoms with E-state index in [4.69, 9.17) is 0 Å². The Balaban J connectivity index is 1.36. The molecule has 4 nitrogen and oxygen atoms in total. The lowest BCUT2D eigenvalue weighted by Crippen LogP contribution is -2.52. The molecule has 6 heteroatoms. The summed E-state index contributed by atoms with van der Waals surface area (Å²) in [7, 11) is 0. The number of thiazole rings is 1. The van der Waals surface area contributed by atoms with Gasteiger partial charge in [-0.2, -0.15) is 0 Å². The summed E-state index contributed by atoms with van der Waals surface area (Å²) in [4.78, 5) is 20.3. The molecule has 1 atom stereocenters. The number of hydrogen-bond donors (Lipinski definition) is 1. The minimum absolute atomic E-state index is 0.0343. The highest BCUT2D eigenvalue weighted by Crippen LogP contribution is 2.26. The molecule has 0 radical (unpaired) electrons. The summed E-state index contributed by atoms with van der Waals surface area (Å²) in [6, 6.07) is 8.49. The van der Waals surface area contributed by atoms with Crippen LogP contribution in [-0.2, 0) is 6.54 Å². The maximum absolute atomic E-state index is 12.5. The zero-order valence-electron chi connectivity index (χ0n) is 12.6. The second kappa shape index (κ2) is 6.39. The molecule has 3 heterocycles. The highest BCUT2D eigenvalue weighted by Gasteiger charge is 2.28. The molecule has 1 aromatic carbocycles. The van der Waals surface area contributed by atoms with E-state index in [9.17, 15) is 4.79 Å². The molecule has 4 rings (SSSR count). The number of benzene rings is 1. The lowest BCUT2D eigenvalue weighted by molar-refractivity contribution is 0.0740. The fourth-order valence-corrected chi connectivity index (χ4v) is 4.47. The standard InChI is InChI=1S/C17H17N3OS2/c21-17(15-10-22-16-4-2-1-3-14(15)16)19-7-12-5-6-20(12)9-13-8-18-11-23-13/h1-4,8,10-12H,5-7,9H2,(H,19,21). The Morgan fingerprint density at radius 1 is 1.35 bits per heavy atom. The van der Waals surface area contributed by atoms with Gasteiger partial charge in [-0.25, -0.2) is 0 Å². The van der Waals surface area contributed by atoms with Gasteiger partial charge >= 0.3 is 0 Å². The predicted octanol–water partition coefficient (Wildman–Crippen LogP) is 3.36. The fourth-order valence-electron chi connectivity index (χ4n) is 2.91. The summed E-state index contributed by atoms with van der Waals surface area (Å²) < 4.78 is 1.16. The summed E-state index contributed by atoms with van der Waals surface area (Å²) in [5, 5.41) is 6.10. The molecule has 118 valence electrons. The highest BCUT2D eigenvalue weighted by atomic mass is 32.1. The van der Waals surface area contributed by atoms with Crippen LogP contribution in [0.4, 0.5) is 0 Å². The van der Waals surface area contributed by atoms with Crippen LogP contribution in [0.25, 0.3) is 10.1 Å². The quantitative estimate of drug-likeness (QED) is 0.773. The first kappa shape index (κ1) is 14.8. The van der Waals surface area contributed by atoms with E-state index in [0.717, 1.165) is 35.2 Å². The van der Waals surface area contributed by atoms with Gasteiger partial charge in [0.15, 0.2) is 0 Å². The lowest BCUT2D eigenvalue weighted by atomic mass is 10.0. The van der Waals surface area contributed by atoms with Crippen molar-refractivity contribution in [2.75, 3.05) is 13.1 Å². The normalized spacial score (nSPS) is 18.0. The Kier molecular flexibility index (Phi) is 4.11. The molecule has 23 heavy (non-hydrogen) atoms. The molecular formula is C17H17N3OS2. The van der Waals surface area contributed by atoms with Gasteiger partial charge in [0, 0.05) is 52.2 Å². The van der Waals surface area contributed by atoms with Crippen LogP contribution in [-0.4, -0.2) is 34.9 Å². The van der Waals surface area contributed by atoms with Crippen molar-refractivity contribution in [2.45, 2.75) is 19.0 Å². The van der Waals surface area contributed by atoms with Gasteiger partial charge in [0.2, 0.25) is 0 Å². The van der Waals surface area contributed by atoms with Gasteiger partial charge < -0.3 is 5.32 Å². The van der Waals surface area contributed by atoms with E-state index in [2.05, 4.69) is 21.3 Å². The molecule has 2 aromatic heterocycles. The number of fused-ring (bicyclic) bond motifs is 1. The van der Waals surface area contributed by atoms with E-state index < -0.39 is 0 Å². The third-order valence-corrected chi connectivity index (χ3v) is 6.06. The molecule has 1 aliphatic rings. The van der Waals surface area contributed by atoms with Gasteiger partial charge in [0.25, 0.3) is 5.91 Å². The van der Waals surface area contributed by atoms with Crippen molar-refractivity contribution < 1.29 is 4.79 Å². The maximum atomic E-state index is 12.5. The first-order valence-corrected chi connectivity index (χ1v) is 9.43. The Bertz CT molecular complexity index is 812. The lowest BCUT2D eigenvalue weighted by Gasteiger charge is -2.40. The number of hydrogen-bond acceptors (Lipinski definition) is 5. The van der Waals surface area contributed by atoms with Crippen LogP contribution in [0.15, 0.2) is 41.4 Å². The number of amides is 1. The van der Waals surface area contributed by atoms with E-state index in [1.807, 2.05) is 35.3 Å². The second-order valence-electron chi connectivity index (χ2n) is 5.74. The molecule has 1 amide bonds. The first-order chi connectivity index (χ1) is 11.3. The van der Waals surface area contributed by atoms with Gasteiger partial charge in [0.1, 0.15) is 0 Å². The van der Waals surface area contributed by atoms with Crippen LogP contribution in [0.3, 0.4) is 0 Å². The second-order valence-corrected chi connectivity index (χ2v) is 7.62. The Labute approximate surface area is 142 Å². The van der Waals surface area contributed by atoms with Crippen LogP contribution in [0.5, 0.6) is 0 Å². The minimum Gasteiger partial charge on any atom is -0.350 e. The van der Waals surface area contributed by atoms with Crippen LogP contribution in [0.2, 0.25) is 0 Å². The molecule has 1 N–H and O–H groups in total. The molecule has 1 fully saturated rings. The largest absolute Gasteiger partial charge is 0.350 e. The summed E-state index contributed by atoms with van der Waals surface area (Å²) in [5.41, 5.74) is 2.66. The average Bonchev–Trinajstić information content (AvgIpc) is 3.21. The van der Waals surface area contributed by atoms with Gasteiger partial charge in [-0.1, -0.05) is 18.2 Å². The summed E-state index contributed by atoms with van der Waals surface area (Å²) >= 11 is 3.31. The number of nitrogens with zero attached hydrogens (tertiary/aromatic N) is 2. The minimum atomic E-state index is 0.0343. The molecule has 0 bridgehead atoms. The monoisotopic (exact) mass is 343 g/mol. The van der Waals surface area contributed by atoms with E-state index in [1.165, 1.54) is 4.88 Å². The van der Waals surface area contributed by atoms with Crippen molar-refractivity contribution in [1.29, 1.82) is 0 Å². The number of carbonyl (C=O) groups is 1. The number of aromatic nitrogens is 1. The predicted molar refractivity (Wildman–Crippen MR) is 95.1 cm³/mol. The zero-order chi connectivity index (χ0) is 15.6. The third kappa shape index (κ3) is 3.02. The molecule has 0 spiro atoms. The number of rotatable bonds is 5. The van der Waals surface area contributed by atoms with E-state index in [-0.39, 0.29) is 5.91 Å². The third-order valence-electron chi connectivity index (χ3n) is 4.33. The molecule has 1 aliphatic heterocycles. The topological polar surface area (TPSA) is 45.2 Å². The maximum Gasteiger partial charge on any atom is 0.252 e. The smallest absolute Gasteiger partial charge is 0.252 e. The van der Waals surface area contributed by atoms with Crippen LogP contribution in [0, 0.1) is 0 Å². The number of likely N-dealkylation sites (tertiary alicyclic amines) is 1. The van der Waals surface area contributed by atoms with Gasteiger partial charge in [0.05, 0.1) is 11.1 Å². The zero-order valence-corrected chi connectivity index (χ0v) is 14.2. The van der Waals surface area contributed by atoms with Gasteiger partial charge in [-0.05, 0) is 12.5 Å². The molecule has 1 unspecified atom stereocenters. The number of thiophene rings is 1. The van der Waals surface area contributed by atoms with Crippen molar-refractivity contribution in [3.8, 4) is 0 Å². The number of nitrogens with one attached hydrogen (secondary N) is 1. The SMILES string of the molecule is O=C(NCC1CCN1Cc1cncs1)c1csc2ccccc12. The van der Waals surface area contributed by atoms with Crippen molar-refractivity contribution in [1.82, 2.24) is 15.2 Å². The van der Waals surface area contributed by atoms with Crippen molar-refractivity contribution >= 4 is 38.7 Å². The van der Waals surface area contributed by atoms with Crippen LogP contribution >= 0.6 is 22.7 Å². The van der Waals surface area contributed by atoms with E-state index >= 15 is 0 Å². The number of carbonyl (C=O) groups excluding carboxylic acids is 1. The fraction of sp³-hybridized carbons (Fsp3) is 0.294. The van der Waals surface area contributed by atoms with Gasteiger partial charge in [-0.15, -0.1) is 22.7 Å². The Hall–Kier alpha value is -1.76. The van der Waals surface area contributed by atoms with Crippen molar-refractivity contribution in [3.05, 3.63) is 51.8 Å². The van der Waals surface area contributed by atoms with Gasteiger partial charge in [-0.3, -0.25) is 14.7 Å². The Morgan fingerprint density at radius 3 is 3.04 bits per heavy atom. The first-order valence-electron chi connectivity index (χ1n) is 7.67. The highest BCUT2D eigenvalue weighted by molar-refractivity contribution is 7.17. The molecule has 3 aromatic rings. The summed E-state index contributed by atoms with van der Waals surface area (Å²) in [6.07, 6.45) is 3.07. The molecular weight excluding hydrogens is 326 g/mol. The van der Waals surface area contributed by atoms with E-state index in [0.29, 0.717) is 12.6 Å². The van der Waals surface area contributed by atoms with Crippen LogP contribution in [0.1, 0.15) is 21.7 Å². The van der Waals surface area contributed by atoms with E-state index in [1.54, 1.807) is 22.7 Å². The van der Waals surface area contributed by atoms with Crippen LogP contribution < -0.4 is 5.32 Å². The molecule has 1 saturated heterocycles. The summed E-state index contributed by atoms with van der Waals surface area (Å²) in [6.45, 7) is 2.74. The Morgan fingerprint density at radius 2 is 2.26 bits per heavy atom. The van der Waals surface area contributed by atoms with Crippen molar-refractivity contribution in [2.24, 2.45) is 0 Å². The summed E-state index contributed by atoms with van der Waals surface area (Å²) in [5.74, 6) is 0.0343. The molecule has 0 saturated carbocycles.